The minimum Gasteiger partial charge on any atom is -0.459 e. The number of rotatable bonds is 5. The SMILES string of the molecule is Cc1ccoc1C(=O)N1CC2(C[C@@H](COCC3CC3)CCN2C)C1. The number of furan rings is 1. The van der Waals surface area contributed by atoms with Gasteiger partial charge >= 0.3 is 0 Å². The van der Waals surface area contributed by atoms with Gasteiger partial charge in [0.1, 0.15) is 0 Å². The maximum atomic E-state index is 12.6. The van der Waals surface area contributed by atoms with Crippen LogP contribution in [0.4, 0.5) is 0 Å². The summed E-state index contributed by atoms with van der Waals surface area (Å²) in [5, 5.41) is 0. The monoisotopic (exact) mass is 332 g/mol. The van der Waals surface area contributed by atoms with Crippen molar-refractivity contribution >= 4 is 5.91 Å². The predicted molar refractivity (Wildman–Crippen MR) is 91.0 cm³/mol. The van der Waals surface area contributed by atoms with Crippen LogP contribution in [0.25, 0.3) is 0 Å². The first-order valence-electron chi connectivity index (χ1n) is 9.20. The van der Waals surface area contributed by atoms with E-state index >= 15 is 0 Å². The molecule has 1 aliphatic carbocycles. The second-order valence-electron chi connectivity index (χ2n) is 8.08. The van der Waals surface area contributed by atoms with Crippen molar-refractivity contribution in [2.45, 2.75) is 38.1 Å². The summed E-state index contributed by atoms with van der Waals surface area (Å²) in [4.78, 5) is 16.9. The first-order valence-corrected chi connectivity index (χ1v) is 9.20. The summed E-state index contributed by atoms with van der Waals surface area (Å²) >= 11 is 0. The van der Waals surface area contributed by atoms with Crippen molar-refractivity contribution in [1.82, 2.24) is 9.80 Å². The maximum absolute atomic E-state index is 12.6. The molecule has 1 aromatic heterocycles. The zero-order chi connectivity index (χ0) is 16.7. The molecular formula is C19H28N2O3. The highest BCUT2D eigenvalue weighted by Crippen LogP contribution is 2.39. The van der Waals surface area contributed by atoms with Crippen molar-refractivity contribution < 1.29 is 13.9 Å². The Morgan fingerprint density at radius 1 is 1.29 bits per heavy atom. The number of aryl methyl sites for hydroxylation is 1. The highest BCUT2D eigenvalue weighted by atomic mass is 16.5. The Kier molecular flexibility index (Phi) is 4.17. The summed E-state index contributed by atoms with van der Waals surface area (Å²) in [5.41, 5.74) is 1.06. The number of likely N-dealkylation sites (N-methyl/N-ethyl adjacent to an activating group) is 1. The van der Waals surface area contributed by atoms with Crippen molar-refractivity contribution in [3.63, 3.8) is 0 Å². The minimum absolute atomic E-state index is 0.0311. The molecule has 1 spiro atoms. The van der Waals surface area contributed by atoms with Gasteiger partial charge in [0.05, 0.1) is 11.8 Å². The van der Waals surface area contributed by atoms with E-state index in [1.807, 2.05) is 17.9 Å². The van der Waals surface area contributed by atoms with Crippen LogP contribution in [0.5, 0.6) is 0 Å². The molecule has 3 fully saturated rings. The molecule has 0 radical (unpaired) electrons. The first-order chi connectivity index (χ1) is 11.6. The molecule has 1 aromatic rings. The van der Waals surface area contributed by atoms with Crippen LogP contribution in [-0.4, -0.2) is 61.1 Å². The second kappa shape index (κ2) is 6.19. The zero-order valence-electron chi connectivity index (χ0n) is 14.8. The molecule has 1 amide bonds. The van der Waals surface area contributed by atoms with Crippen LogP contribution in [0.2, 0.25) is 0 Å². The van der Waals surface area contributed by atoms with Crippen molar-refractivity contribution in [3.8, 4) is 0 Å². The fraction of sp³-hybridized carbons (Fsp3) is 0.737. The molecule has 3 aliphatic rings. The van der Waals surface area contributed by atoms with E-state index in [4.69, 9.17) is 9.15 Å². The summed E-state index contributed by atoms with van der Waals surface area (Å²) < 4.78 is 11.3. The summed E-state index contributed by atoms with van der Waals surface area (Å²) in [7, 11) is 2.20. The van der Waals surface area contributed by atoms with Gasteiger partial charge in [0, 0.05) is 31.9 Å². The molecule has 3 heterocycles. The number of likely N-dealkylation sites (tertiary alicyclic amines) is 2. The lowest BCUT2D eigenvalue weighted by Crippen LogP contribution is -2.72. The van der Waals surface area contributed by atoms with Gasteiger partial charge in [-0.1, -0.05) is 0 Å². The lowest BCUT2D eigenvalue weighted by Gasteiger charge is -2.58. The number of carbonyl (C=O) groups is 1. The van der Waals surface area contributed by atoms with Crippen molar-refractivity contribution in [1.29, 1.82) is 0 Å². The molecule has 2 saturated heterocycles. The molecule has 2 aliphatic heterocycles. The van der Waals surface area contributed by atoms with Gasteiger partial charge in [0.25, 0.3) is 5.91 Å². The van der Waals surface area contributed by atoms with Crippen molar-refractivity contribution in [3.05, 3.63) is 23.7 Å². The molecule has 0 unspecified atom stereocenters. The highest BCUT2D eigenvalue weighted by Gasteiger charge is 2.51. The number of hydrogen-bond donors (Lipinski definition) is 0. The van der Waals surface area contributed by atoms with Gasteiger partial charge in [-0.25, -0.2) is 0 Å². The van der Waals surface area contributed by atoms with E-state index in [0.29, 0.717) is 11.7 Å². The van der Waals surface area contributed by atoms with Crippen LogP contribution in [-0.2, 0) is 4.74 Å². The van der Waals surface area contributed by atoms with Crippen LogP contribution in [0, 0.1) is 18.8 Å². The molecule has 1 saturated carbocycles. The third kappa shape index (κ3) is 3.00. The first kappa shape index (κ1) is 16.2. The van der Waals surface area contributed by atoms with Crippen molar-refractivity contribution in [2.24, 2.45) is 11.8 Å². The molecule has 1 atom stereocenters. The molecule has 4 rings (SSSR count). The van der Waals surface area contributed by atoms with Gasteiger partial charge < -0.3 is 14.1 Å². The summed E-state index contributed by atoms with van der Waals surface area (Å²) in [6.45, 7) is 6.47. The zero-order valence-corrected chi connectivity index (χ0v) is 14.8. The molecule has 0 aromatic carbocycles. The van der Waals surface area contributed by atoms with E-state index in [1.54, 1.807) is 6.26 Å². The van der Waals surface area contributed by atoms with Gasteiger partial charge in [-0.3, -0.25) is 9.69 Å². The van der Waals surface area contributed by atoms with E-state index < -0.39 is 0 Å². The average Bonchev–Trinajstić information content (AvgIpc) is 3.25. The molecule has 5 heteroatoms. The largest absolute Gasteiger partial charge is 0.459 e. The van der Waals surface area contributed by atoms with E-state index in [9.17, 15) is 4.79 Å². The lowest BCUT2D eigenvalue weighted by molar-refractivity contribution is -0.0768. The smallest absolute Gasteiger partial charge is 0.289 e. The van der Waals surface area contributed by atoms with Crippen LogP contribution < -0.4 is 0 Å². The normalized spacial score (nSPS) is 26.6. The molecule has 5 nitrogen and oxygen atoms in total. The Hall–Kier alpha value is -1.33. The Balaban J connectivity index is 1.33. The van der Waals surface area contributed by atoms with E-state index in [1.165, 1.54) is 19.3 Å². The van der Waals surface area contributed by atoms with Gasteiger partial charge in [0.15, 0.2) is 5.76 Å². The topological polar surface area (TPSA) is 45.9 Å². The van der Waals surface area contributed by atoms with E-state index in [0.717, 1.165) is 50.8 Å². The minimum atomic E-state index is 0.0311. The fourth-order valence-electron chi connectivity index (χ4n) is 4.15. The Labute approximate surface area is 143 Å². The number of amides is 1. The van der Waals surface area contributed by atoms with Gasteiger partial charge in [-0.15, -0.1) is 0 Å². The summed E-state index contributed by atoms with van der Waals surface area (Å²) in [6, 6.07) is 1.85. The number of nitrogens with zero attached hydrogens (tertiary/aromatic N) is 2. The van der Waals surface area contributed by atoms with E-state index in [2.05, 4.69) is 11.9 Å². The van der Waals surface area contributed by atoms with Gasteiger partial charge in [-0.05, 0) is 64.1 Å². The molecule has 0 bridgehead atoms. The second-order valence-corrected chi connectivity index (χ2v) is 8.08. The summed E-state index contributed by atoms with van der Waals surface area (Å²) in [5.74, 6) is 1.98. The number of ether oxygens (including phenoxy) is 1. The van der Waals surface area contributed by atoms with Crippen LogP contribution >= 0.6 is 0 Å². The van der Waals surface area contributed by atoms with E-state index in [-0.39, 0.29) is 11.4 Å². The van der Waals surface area contributed by atoms with Crippen LogP contribution in [0.3, 0.4) is 0 Å². The predicted octanol–water partition coefficient (Wildman–Crippen LogP) is 2.55. The molecule has 24 heavy (non-hydrogen) atoms. The lowest BCUT2D eigenvalue weighted by atomic mass is 9.75. The van der Waals surface area contributed by atoms with Crippen LogP contribution in [0.15, 0.2) is 16.7 Å². The third-order valence-corrected chi connectivity index (χ3v) is 6.07. The number of carbonyl (C=O) groups excluding carboxylic acids is 1. The Bertz CT molecular complexity index is 602. The standard InChI is InChI=1S/C19H28N2O3/c1-14-6-8-24-17(14)18(22)21-12-19(13-21)9-16(5-7-20(19)2)11-23-10-15-3-4-15/h6,8,15-16H,3-5,7,9-13H2,1-2H3/t16-/m0/s1. The fourth-order valence-corrected chi connectivity index (χ4v) is 4.15. The Morgan fingerprint density at radius 3 is 2.71 bits per heavy atom. The molecule has 132 valence electrons. The highest BCUT2D eigenvalue weighted by molar-refractivity contribution is 5.93. The average molecular weight is 332 g/mol. The van der Waals surface area contributed by atoms with Crippen molar-refractivity contribution in [2.75, 3.05) is 39.9 Å². The quantitative estimate of drug-likeness (QED) is 0.831. The third-order valence-electron chi connectivity index (χ3n) is 6.07. The van der Waals surface area contributed by atoms with Gasteiger partial charge in [0.2, 0.25) is 0 Å². The Morgan fingerprint density at radius 2 is 2.04 bits per heavy atom. The molecule has 0 N–H and O–H groups in total. The van der Waals surface area contributed by atoms with Crippen LogP contribution in [0.1, 0.15) is 41.8 Å². The maximum Gasteiger partial charge on any atom is 0.289 e. The summed E-state index contributed by atoms with van der Waals surface area (Å²) in [6.07, 6.45) is 6.63. The van der Waals surface area contributed by atoms with Gasteiger partial charge in [-0.2, -0.15) is 0 Å². The molecular weight excluding hydrogens is 304 g/mol. The number of piperidine rings is 1. The number of hydrogen-bond acceptors (Lipinski definition) is 4.